The highest BCUT2D eigenvalue weighted by Gasteiger charge is 2.32. The second-order valence-corrected chi connectivity index (χ2v) is 8.51. The zero-order valence-corrected chi connectivity index (χ0v) is 17.4. The number of aryl methyl sites for hydroxylation is 2. The smallest absolute Gasteiger partial charge is 0.290 e. The normalized spacial score (nSPS) is 18.9. The minimum atomic E-state index is -0.0814. The number of carbonyl (C=O) groups excluding carboxylic acids is 2. The van der Waals surface area contributed by atoms with Gasteiger partial charge >= 0.3 is 0 Å². The van der Waals surface area contributed by atoms with E-state index in [4.69, 9.17) is 14.3 Å². The Kier molecular flexibility index (Phi) is 5.10. The molecular weight excluding hydrogens is 384 g/mol. The van der Waals surface area contributed by atoms with Crippen molar-refractivity contribution < 1.29 is 18.7 Å². The summed E-state index contributed by atoms with van der Waals surface area (Å²) >= 11 is 0. The first-order valence-electron chi connectivity index (χ1n) is 11.0. The van der Waals surface area contributed by atoms with E-state index in [9.17, 15) is 9.59 Å². The molecule has 1 saturated carbocycles. The zero-order chi connectivity index (χ0) is 20.7. The SMILES string of the molecule is Cc1c(C(=O)N2CCOCC2)oc2c1-c1nn(CC(=O)NC3CCCC3)cc1CC2. The maximum Gasteiger partial charge on any atom is 0.290 e. The molecule has 0 bridgehead atoms. The summed E-state index contributed by atoms with van der Waals surface area (Å²) in [7, 11) is 0. The molecule has 3 heterocycles. The minimum Gasteiger partial charge on any atom is -0.455 e. The van der Waals surface area contributed by atoms with Crippen LogP contribution in [0.4, 0.5) is 0 Å². The molecule has 3 aliphatic rings. The lowest BCUT2D eigenvalue weighted by Crippen LogP contribution is -2.40. The van der Waals surface area contributed by atoms with Crippen molar-refractivity contribution in [3.8, 4) is 11.3 Å². The molecular formula is C22H28N4O4. The van der Waals surface area contributed by atoms with E-state index in [-0.39, 0.29) is 18.4 Å². The van der Waals surface area contributed by atoms with Gasteiger partial charge < -0.3 is 19.4 Å². The van der Waals surface area contributed by atoms with Gasteiger partial charge in [-0.15, -0.1) is 0 Å². The fourth-order valence-corrected chi connectivity index (χ4v) is 4.85. The first-order valence-corrected chi connectivity index (χ1v) is 11.0. The van der Waals surface area contributed by atoms with Crippen LogP contribution in [0, 0.1) is 6.92 Å². The Balaban J connectivity index is 1.36. The predicted molar refractivity (Wildman–Crippen MR) is 109 cm³/mol. The fourth-order valence-electron chi connectivity index (χ4n) is 4.85. The number of rotatable bonds is 4. The number of aromatic nitrogens is 2. The van der Waals surface area contributed by atoms with Crippen molar-refractivity contribution in [2.24, 2.45) is 0 Å². The van der Waals surface area contributed by atoms with Gasteiger partial charge in [0.25, 0.3) is 5.91 Å². The Labute approximate surface area is 175 Å². The van der Waals surface area contributed by atoms with Crippen LogP contribution in [0.3, 0.4) is 0 Å². The summed E-state index contributed by atoms with van der Waals surface area (Å²) in [5.74, 6) is 1.15. The van der Waals surface area contributed by atoms with E-state index in [2.05, 4.69) is 5.32 Å². The van der Waals surface area contributed by atoms with Crippen LogP contribution in [0.25, 0.3) is 11.3 Å². The molecule has 5 rings (SSSR count). The van der Waals surface area contributed by atoms with Crippen LogP contribution >= 0.6 is 0 Å². The number of hydrogen-bond donors (Lipinski definition) is 1. The Morgan fingerprint density at radius 3 is 2.73 bits per heavy atom. The monoisotopic (exact) mass is 412 g/mol. The van der Waals surface area contributed by atoms with Gasteiger partial charge in [-0.2, -0.15) is 5.10 Å². The summed E-state index contributed by atoms with van der Waals surface area (Å²) in [5, 5.41) is 7.82. The van der Waals surface area contributed by atoms with Crippen molar-refractivity contribution in [3.05, 3.63) is 28.8 Å². The lowest BCUT2D eigenvalue weighted by Gasteiger charge is -2.26. The van der Waals surface area contributed by atoms with Crippen LogP contribution in [0.2, 0.25) is 0 Å². The predicted octanol–water partition coefficient (Wildman–Crippen LogP) is 2.08. The van der Waals surface area contributed by atoms with Crippen LogP contribution in [0.15, 0.2) is 10.6 Å². The highest BCUT2D eigenvalue weighted by molar-refractivity contribution is 5.95. The van der Waals surface area contributed by atoms with Crippen molar-refractivity contribution in [2.75, 3.05) is 26.3 Å². The number of furan rings is 1. The van der Waals surface area contributed by atoms with Crippen LogP contribution < -0.4 is 5.32 Å². The summed E-state index contributed by atoms with van der Waals surface area (Å²) in [4.78, 5) is 27.2. The summed E-state index contributed by atoms with van der Waals surface area (Å²) in [6.45, 7) is 4.43. The van der Waals surface area contributed by atoms with E-state index in [1.165, 1.54) is 12.8 Å². The van der Waals surface area contributed by atoms with E-state index in [0.717, 1.165) is 53.8 Å². The van der Waals surface area contributed by atoms with Gasteiger partial charge in [0.15, 0.2) is 5.76 Å². The minimum absolute atomic E-state index is 0.00840. The Morgan fingerprint density at radius 1 is 1.20 bits per heavy atom. The number of morpholine rings is 1. The van der Waals surface area contributed by atoms with E-state index in [0.29, 0.717) is 38.1 Å². The average Bonchev–Trinajstić information content (AvgIpc) is 3.47. The summed E-state index contributed by atoms with van der Waals surface area (Å²) in [5.41, 5.74) is 3.70. The molecule has 2 aromatic rings. The molecule has 0 atom stereocenters. The zero-order valence-electron chi connectivity index (χ0n) is 17.4. The van der Waals surface area contributed by atoms with E-state index >= 15 is 0 Å². The van der Waals surface area contributed by atoms with Crippen LogP contribution in [0.1, 0.15) is 53.1 Å². The molecule has 0 spiro atoms. The average molecular weight is 412 g/mol. The Morgan fingerprint density at radius 2 is 1.97 bits per heavy atom. The Bertz CT molecular complexity index is 964. The van der Waals surface area contributed by atoms with Crippen LogP contribution in [0.5, 0.6) is 0 Å². The molecule has 1 N–H and O–H groups in total. The molecule has 2 fully saturated rings. The molecule has 0 aromatic carbocycles. The second kappa shape index (κ2) is 7.91. The number of nitrogens with one attached hydrogen (secondary N) is 1. The molecule has 2 aliphatic carbocycles. The van der Waals surface area contributed by atoms with Crippen molar-refractivity contribution in [3.63, 3.8) is 0 Å². The largest absolute Gasteiger partial charge is 0.455 e. The van der Waals surface area contributed by atoms with Gasteiger partial charge in [0.05, 0.1) is 18.9 Å². The van der Waals surface area contributed by atoms with E-state index in [1.807, 2.05) is 13.1 Å². The van der Waals surface area contributed by atoms with Gasteiger partial charge in [0.2, 0.25) is 5.91 Å². The highest BCUT2D eigenvalue weighted by Crippen LogP contribution is 2.38. The molecule has 1 saturated heterocycles. The third kappa shape index (κ3) is 3.53. The third-order valence-electron chi connectivity index (χ3n) is 6.43. The number of amides is 2. The number of ether oxygens (including phenoxy) is 1. The summed E-state index contributed by atoms with van der Waals surface area (Å²) in [6.07, 6.45) is 8.01. The maximum absolute atomic E-state index is 13.0. The molecule has 2 aromatic heterocycles. The summed E-state index contributed by atoms with van der Waals surface area (Å²) in [6, 6.07) is 0.305. The van der Waals surface area contributed by atoms with Crippen molar-refractivity contribution >= 4 is 11.8 Å². The molecule has 0 unspecified atom stereocenters. The lowest BCUT2D eigenvalue weighted by atomic mass is 9.93. The highest BCUT2D eigenvalue weighted by atomic mass is 16.5. The first kappa shape index (κ1) is 19.4. The van der Waals surface area contributed by atoms with Crippen LogP contribution in [-0.2, 0) is 28.9 Å². The van der Waals surface area contributed by atoms with Crippen molar-refractivity contribution in [2.45, 2.75) is 58.0 Å². The lowest BCUT2D eigenvalue weighted by molar-refractivity contribution is -0.122. The van der Waals surface area contributed by atoms with E-state index in [1.54, 1.807) is 9.58 Å². The first-order chi connectivity index (χ1) is 14.6. The Hall–Kier alpha value is -2.61. The molecule has 30 heavy (non-hydrogen) atoms. The molecule has 8 nitrogen and oxygen atoms in total. The molecule has 8 heteroatoms. The van der Waals surface area contributed by atoms with Gasteiger partial charge in [-0.3, -0.25) is 14.3 Å². The number of hydrogen-bond acceptors (Lipinski definition) is 5. The molecule has 1 aliphatic heterocycles. The van der Waals surface area contributed by atoms with Gasteiger partial charge in [0.1, 0.15) is 12.3 Å². The molecule has 0 radical (unpaired) electrons. The molecule has 2 amide bonds. The van der Waals surface area contributed by atoms with Crippen molar-refractivity contribution in [1.82, 2.24) is 20.0 Å². The van der Waals surface area contributed by atoms with Gasteiger partial charge in [-0.05, 0) is 31.7 Å². The summed E-state index contributed by atoms with van der Waals surface area (Å²) < 4.78 is 13.1. The second-order valence-electron chi connectivity index (χ2n) is 8.51. The van der Waals surface area contributed by atoms with Crippen LogP contribution in [-0.4, -0.2) is 58.8 Å². The fraction of sp³-hybridized carbons (Fsp3) is 0.591. The third-order valence-corrected chi connectivity index (χ3v) is 6.43. The number of nitrogens with zero attached hydrogens (tertiary/aromatic N) is 3. The standard InChI is InChI=1S/C22H28N4O4/c1-14-19-17(30-21(14)22(28)25-8-10-29-11-9-25)7-6-15-12-26(24-20(15)19)13-18(27)23-16-4-2-3-5-16/h12,16H,2-11,13H2,1H3,(H,23,27). The van der Waals surface area contributed by atoms with E-state index < -0.39 is 0 Å². The van der Waals surface area contributed by atoms with Gasteiger partial charge in [0, 0.05) is 42.9 Å². The number of fused-ring (bicyclic) bond motifs is 3. The van der Waals surface area contributed by atoms with Gasteiger partial charge in [-0.25, -0.2) is 0 Å². The van der Waals surface area contributed by atoms with Crippen molar-refractivity contribution in [1.29, 1.82) is 0 Å². The van der Waals surface area contributed by atoms with Gasteiger partial charge in [-0.1, -0.05) is 12.8 Å². The molecule has 160 valence electrons. The number of carbonyl (C=O) groups is 2. The maximum atomic E-state index is 13.0. The topological polar surface area (TPSA) is 89.6 Å². The quantitative estimate of drug-likeness (QED) is 0.831.